The summed E-state index contributed by atoms with van der Waals surface area (Å²) in [5.41, 5.74) is 0. The van der Waals surface area contributed by atoms with E-state index in [4.69, 9.17) is 33.0 Å². The standard InChI is InChI=1S/C13H17Cl2NO3S/c1-8(12(6-17)20-2)16-13(18)7-19-11-4-3-9(14)5-10(11)15/h3-5,8,12,17H,6-7H2,1-2H3,(H,16,18). The highest BCUT2D eigenvalue weighted by atomic mass is 35.5. The molecule has 2 N–H and O–H groups in total. The van der Waals surface area contributed by atoms with Crippen molar-refractivity contribution in [2.75, 3.05) is 19.5 Å². The molecular formula is C13H17Cl2NO3S. The van der Waals surface area contributed by atoms with Gasteiger partial charge in [0, 0.05) is 16.3 Å². The van der Waals surface area contributed by atoms with E-state index in [1.165, 1.54) is 11.8 Å². The molecule has 2 atom stereocenters. The van der Waals surface area contributed by atoms with Gasteiger partial charge in [0.1, 0.15) is 5.75 Å². The van der Waals surface area contributed by atoms with Crippen LogP contribution in [0.1, 0.15) is 6.92 Å². The molecule has 4 nitrogen and oxygen atoms in total. The molecule has 1 aromatic carbocycles. The molecule has 0 heterocycles. The summed E-state index contributed by atoms with van der Waals surface area (Å²) in [6.07, 6.45) is 1.88. The van der Waals surface area contributed by atoms with Gasteiger partial charge in [-0.05, 0) is 31.4 Å². The number of hydrogen-bond donors (Lipinski definition) is 2. The van der Waals surface area contributed by atoms with Crippen molar-refractivity contribution in [3.8, 4) is 5.75 Å². The molecule has 7 heteroatoms. The summed E-state index contributed by atoms with van der Waals surface area (Å²) in [5.74, 6) is 0.137. The first-order chi connectivity index (χ1) is 9.47. The van der Waals surface area contributed by atoms with Crippen molar-refractivity contribution in [1.29, 1.82) is 0 Å². The van der Waals surface area contributed by atoms with Crippen LogP contribution in [-0.4, -0.2) is 41.8 Å². The Morgan fingerprint density at radius 1 is 1.50 bits per heavy atom. The van der Waals surface area contributed by atoms with E-state index in [1.54, 1.807) is 18.2 Å². The minimum atomic E-state index is -0.268. The van der Waals surface area contributed by atoms with Crippen molar-refractivity contribution in [1.82, 2.24) is 5.32 Å². The Hall–Kier alpha value is -0.620. The van der Waals surface area contributed by atoms with Crippen molar-refractivity contribution in [3.05, 3.63) is 28.2 Å². The smallest absolute Gasteiger partial charge is 0.258 e. The summed E-state index contributed by atoms with van der Waals surface area (Å²) in [6, 6.07) is 4.65. The van der Waals surface area contributed by atoms with E-state index in [1.807, 2.05) is 13.2 Å². The number of benzene rings is 1. The van der Waals surface area contributed by atoms with E-state index in [0.717, 1.165) is 0 Å². The summed E-state index contributed by atoms with van der Waals surface area (Å²) in [4.78, 5) is 11.7. The fourth-order valence-electron chi connectivity index (χ4n) is 1.56. The van der Waals surface area contributed by atoms with Crippen LogP contribution in [0, 0.1) is 0 Å². The third-order valence-electron chi connectivity index (χ3n) is 2.68. The summed E-state index contributed by atoms with van der Waals surface area (Å²) in [5, 5.41) is 12.7. The number of nitrogens with one attached hydrogen (secondary N) is 1. The molecule has 0 radical (unpaired) electrons. The van der Waals surface area contributed by atoms with Gasteiger partial charge < -0.3 is 15.2 Å². The normalized spacial score (nSPS) is 13.7. The van der Waals surface area contributed by atoms with E-state index in [9.17, 15) is 4.79 Å². The highest BCUT2D eigenvalue weighted by Gasteiger charge is 2.17. The average molecular weight is 338 g/mol. The average Bonchev–Trinajstić information content (AvgIpc) is 2.39. The van der Waals surface area contributed by atoms with Crippen LogP contribution in [0.15, 0.2) is 18.2 Å². The molecule has 1 rings (SSSR count). The van der Waals surface area contributed by atoms with Gasteiger partial charge in [-0.1, -0.05) is 23.2 Å². The Morgan fingerprint density at radius 3 is 2.75 bits per heavy atom. The molecule has 0 aliphatic rings. The molecule has 0 aliphatic heterocycles. The number of thioether (sulfide) groups is 1. The second kappa shape index (κ2) is 8.62. The molecule has 112 valence electrons. The van der Waals surface area contributed by atoms with Crippen LogP contribution >= 0.6 is 35.0 Å². The lowest BCUT2D eigenvalue weighted by atomic mass is 10.2. The molecule has 1 aromatic rings. The van der Waals surface area contributed by atoms with Crippen LogP contribution in [0.3, 0.4) is 0 Å². The van der Waals surface area contributed by atoms with Gasteiger partial charge in [0.25, 0.3) is 5.91 Å². The maximum Gasteiger partial charge on any atom is 0.258 e. The zero-order valence-corrected chi connectivity index (χ0v) is 13.6. The Bertz CT molecular complexity index is 455. The van der Waals surface area contributed by atoms with Gasteiger partial charge in [0.05, 0.1) is 11.6 Å². The number of aliphatic hydroxyl groups is 1. The lowest BCUT2D eigenvalue weighted by Crippen LogP contribution is -2.43. The van der Waals surface area contributed by atoms with Crippen LogP contribution < -0.4 is 10.1 Å². The van der Waals surface area contributed by atoms with Crippen molar-refractivity contribution >= 4 is 40.9 Å². The fraction of sp³-hybridized carbons (Fsp3) is 0.462. The van der Waals surface area contributed by atoms with Crippen LogP contribution in [0.5, 0.6) is 5.75 Å². The number of halogens is 2. The van der Waals surface area contributed by atoms with Crippen LogP contribution in [-0.2, 0) is 4.79 Å². The minimum absolute atomic E-state index is 0.00643. The second-order valence-electron chi connectivity index (χ2n) is 4.18. The lowest BCUT2D eigenvalue weighted by Gasteiger charge is -2.21. The van der Waals surface area contributed by atoms with Gasteiger partial charge in [-0.2, -0.15) is 11.8 Å². The van der Waals surface area contributed by atoms with Crippen molar-refractivity contribution in [2.24, 2.45) is 0 Å². The Morgan fingerprint density at radius 2 is 2.20 bits per heavy atom. The van der Waals surface area contributed by atoms with E-state index < -0.39 is 0 Å². The van der Waals surface area contributed by atoms with E-state index in [-0.39, 0.29) is 30.4 Å². The van der Waals surface area contributed by atoms with Crippen molar-refractivity contribution in [3.63, 3.8) is 0 Å². The van der Waals surface area contributed by atoms with Gasteiger partial charge in [-0.15, -0.1) is 0 Å². The molecular weight excluding hydrogens is 321 g/mol. The Balaban J connectivity index is 2.47. The third-order valence-corrected chi connectivity index (χ3v) is 4.38. The SMILES string of the molecule is CSC(CO)C(C)NC(=O)COc1ccc(Cl)cc1Cl. The largest absolute Gasteiger partial charge is 0.482 e. The molecule has 0 aromatic heterocycles. The summed E-state index contributed by atoms with van der Waals surface area (Å²) in [7, 11) is 0. The van der Waals surface area contributed by atoms with E-state index in [2.05, 4.69) is 5.32 Å². The van der Waals surface area contributed by atoms with Crippen molar-refractivity contribution in [2.45, 2.75) is 18.2 Å². The van der Waals surface area contributed by atoms with Crippen molar-refractivity contribution < 1.29 is 14.6 Å². The lowest BCUT2D eigenvalue weighted by molar-refractivity contribution is -0.123. The zero-order valence-electron chi connectivity index (χ0n) is 11.2. The molecule has 0 spiro atoms. The quantitative estimate of drug-likeness (QED) is 0.802. The second-order valence-corrected chi connectivity index (χ2v) is 6.10. The molecule has 0 saturated carbocycles. The van der Waals surface area contributed by atoms with Gasteiger partial charge >= 0.3 is 0 Å². The van der Waals surface area contributed by atoms with Gasteiger partial charge in [-0.25, -0.2) is 0 Å². The number of rotatable bonds is 7. The van der Waals surface area contributed by atoms with Gasteiger partial charge in [0.15, 0.2) is 6.61 Å². The zero-order chi connectivity index (χ0) is 15.1. The van der Waals surface area contributed by atoms with Crippen LogP contribution in [0.4, 0.5) is 0 Å². The molecule has 0 aliphatic carbocycles. The number of aliphatic hydroxyl groups excluding tert-OH is 1. The topological polar surface area (TPSA) is 58.6 Å². The third kappa shape index (κ3) is 5.40. The first-order valence-corrected chi connectivity index (χ1v) is 8.03. The molecule has 0 bridgehead atoms. The number of amides is 1. The highest BCUT2D eigenvalue weighted by Crippen LogP contribution is 2.27. The summed E-state index contributed by atoms with van der Waals surface area (Å²) < 4.78 is 5.33. The molecule has 1 amide bonds. The maximum atomic E-state index is 11.7. The predicted molar refractivity (Wildman–Crippen MR) is 84.0 cm³/mol. The number of carbonyl (C=O) groups excluding carboxylic acids is 1. The minimum Gasteiger partial charge on any atom is -0.482 e. The number of ether oxygens (including phenoxy) is 1. The highest BCUT2D eigenvalue weighted by molar-refractivity contribution is 7.99. The first kappa shape index (κ1) is 17.4. The van der Waals surface area contributed by atoms with E-state index in [0.29, 0.717) is 15.8 Å². The fourth-order valence-corrected chi connectivity index (χ4v) is 2.65. The predicted octanol–water partition coefficient (Wildman–Crippen LogP) is 2.60. The monoisotopic (exact) mass is 337 g/mol. The van der Waals surface area contributed by atoms with E-state index >= 15 is 0 Å². The summed E-state index contributed by atoms with van der Waals surface area (Å²) in [6.45, 7) is 1.70. The number of carbonyl (C=O) groups is 1. The van der Waals surface area contributed by atoms with Gasteiger partial charge in [0.2, 0.25) is 0 Å². The summed E-state index contributed by atoms with van der Waals surface area (Å²) >= 11 is 13.2. The molecule has 20 heavy (non-hydrogen) atoms. The molecule has 0 fully saturated rings. The molecule has 0 saturated heterocycles. The van der Waals surface area contributed by atoms with Crippen LogP contribution in [0.2, 0.25) is 10.0 Å². The Labute approximate surface area is 132 Å². The Kier molecular flexibility index (Phi) is 7.51. The van der Waals surface area contributed by atoms with Crippen LogP contribution in [0.25, 0.3) is 0 Å². The van der Waals surface area contributed by atoms with Gasteiger partial charge in [-0.3, -0.25) is 4.79 Å². The maximum absolute atomic E-state index is 11.7. The number of hydrogen-bond acceptors (Lipinski definition) is 4. The molecule has 2 unspecified atom stereocenters. The first-order valence-electron chi connectivity index (χ1n) is 5.98.